The van der Waals surface area contributed by atoms with E-state index in [1.54, 1.807) is 12.1 Å². The monoisotopic (exact) mass is 265 g/mol. The van der Waals surface area contributed by atoms with Crippen molar-refractivity contribution in [2.75, 3.05) is 32.8 Å². The van der Waals surface area contributed by atoms with Crippen LogP contribution in [-0.4, -0.2) is 54.7 Å². The molecule has 0 bridgehead atoms. The van der Waals surface area contributed by atoms with Crippen LogP contribution in [0, 0.1) is 0 Å². The first-order valence-electron chi connectivity index (χ1n) is 6.50. The van der Waals surface area contributed by atoms with Crippen molar-refractivity contribution in [2.45, 2.75) is 13.0 Å². The Morgan fingerprint density at radius 3 is 3.16 bits per heavy atom. The van der Waals surface area contributed by atoms with Crippen molar-refractivity contribution in [3.05, 3.63) is 34.2 Å². The van der Waals surface area contributed by atoms with Crippen LogP contribution in [-0.2, 0) is 4.74 Å². The van der Waals surface area contributed by atoms with E-state index in [4.69, 9.17) is 4.74 Å². The number of H-pyrrole nitrogens is 1. The highest BCUT2D eigenvalue weighted by molar-refractivity contribution is 5.92. The van der Waals surface area contributed by atoms with Crippen molar-refractivity contribution < 1.29 is 9.53 Å². The van der Waals surface area contributed by atoms with Gasteiger partial charge in [0.1, 0.15) is 5.69 Å². The van der Waals surface area contributed by atoms with Gasteiger partial charge in [-0.05, 0) is 12.6 Å². The van der Waals surface area contributed by atoms with Gasteiger partial charge in [0.15, 0.2) is 0 Å². The summed E-state index contributed by atoms with van der Waals surface area (Å²) in [6.07, 6.45) is 0.00749. The first-order chi connectivity index (χ1) is 9.19. The Morgan fingerprint density at radius 2 is 2.42 bits per heavy atom. The summed E-state index contributed by atoms with van der Waals surface area (Å²) in [6, 6.07) is 4.51. The SMILES string of the molecule is CCN1CCOC(CNC(=O)c2cccc(=O)[nH]2)C1. The van der Waals surface area contributed by atoms with Gasteiger partial charge in [-0.2, -0.15) is 0 Å². The average molecular weight is 265 g/mol. The Labute approximate surface area is 111 Å². The molecule has 0 aliphatic carbocycles. The summed E-state index contributed by atoms with van der Waals surface area (Å²) in [7, 11) is 0. The van der Waals surface area contributed by atoms with Gasteiger partial charge in [0.25, 0.3) is 5.91 Å². The van der Waals surface area contributed by atoms with E-state index in [0.29, 0.717) is 13.2 Å². The molecule has 1 amide bonds. The molecule has 1 aromatic heterocycles. The molecule has 0 radical (unpaired) electrons. The van der Waals surface area contributed by atoms with Gasteiger partial charge in [-0.15, -0.1) is 0 Å². The number of nitrogens with one attached hydrogen (secondary N) is 2. The second kappa shape index (κ2) is 6.49. The van der Waals surface area contributed by atoms with E-state index in [0.717, 1.165) is 19.6 Å². The van der Waals surface area contributed by atoms with Gasteiger partial charge in [0, 0.05) is 25.7 Å². The maximum Gasteiger partial charge on any atom is 0.267 e. The molecule has 1 aliphatic rings. The topological polar surface area (TPSA) is 74.4 Å². The largest absolute Gasteiger partial charge is 0.374 e. The van der Waals surface area contributed by atoms with Crippen LogP contribution in [0.1, 0.15) is 17.4 Å². The molecule has 0 aromatic carbocycles. The molecule has 19 heavy (non-hydrogen) atoms. The Bertz CT molecular complexity index is 486. The number of ether oxygens (including phenoxy) is 1. The molecule has 6 nitrogen and oxygen atoms in total. The predicted molar refractivity (Wildman–Crippen MR) is 71.2 cm³/mol. The number of hydrogen-bond acceptors (Lipinski definition) is 4. The Kier molecular flexibility index (Phi) is 4.70. The average Bonchev–Trinajstić information content (AvgIpc) is 2.45. The van der Waals surface area contributed by atoms with E-state index < -0.39 is 0 Å². The Hall–Kier alpha value is -1.66. The smallest absolute Gasteiger partial charge is 0.267 e. The molecule has 0 saturated carbocycles. The minimum atomic E-state index is -0.282. The molecule has 6 heteroatoms. The number of aromatic amines is 1. The molecule has 1 aliphatic heterocycles. The molecule has 1 unspecified atom stereocenters. The number of amides is 1. The third-order valence-electron chi connectivity index (χ3n) is 3.17. The van der Waals surface area contributed by atoms with Crippen LogP contribution in [0.3, 0.4) is 0 Å². The molecule has 0 spiro atoms. The first kappa shape index (κ1) is 13.8. The first-order valence-corrected chi connectivity index (χ1v) is 6.50. The summed E-state index contributed by atoms with van der Waals surface area (Å²) in [6.45, 7) is 5.99. The highest BCUT2D eigenvalue weighted by atomic mass is 16.5. The second-order valence-corrected chi connectivity index (χ2v) is 4.52. The van der Waals surface area contributed by atoms with Crippen LogP contribution in [0.2, 0.25) is 0 Å². The minimum absolute atomic E-state index is 0.00749. The van der Waals surface area contributed by atoms with Gasteiger partial charge in [-0.1, -0.05) is 13.0 Å². The molecule has 1 fully saturated rings. The fourth-order valence-corrected chi connectivity index (χ4v) is 2.07. The van der Waals surface area contributed by atoms with Crippen molar-refractivity contribution in [2.24, 2.45) is 0 Å². The summed E-state index contributed by atoms with van der Waals surface area (Å²) in [5.74, 6) is -0.282. The summed E-state index contributed by atoms with van der Waals surface area (Å²) in [5, 5.41) is 2.78. The molecule has 104 valence electrons. The van der Waals surface area contributed by atoms with Gasteiger partial charge in [0.2, 0.25) is 5.56 Å². The maximum absolute atomic E-state index is 11.8. The fourth-order valence-electron chi connectivity index (χ4n) is 2.07. The number of nitrogens with zero attached hydrogens (tertiary/aromatic N) is 1. The van der Waals surface area contributed by atoms with E-state index in [1.807, 2.05) is 0 Å². The van der Waals surface area contributed by atoms with E-state index in [2.05, 4.69) is 22.1 Å². The lowest BCUT2D eigenvalue weighted by Crippen LogP contribution is -2.47. The van der Waals surface area contributed by atoms with Gasteiger partial charge in [-0.3, -0.25) is 14.5 Å². The van der Waals surface area contributed by atoms with Crippen molar-refractivity contribution >= 4 is 5.91 Å². The van der Waals surface area contributed by atoms with Crippen LogP contribution >= 0.6 is 0 Å². The molecule has 2 rings (SSSR count). The molecular weight excluding hydrogens is 246 g/mol. The Balaban J connectivity index is 1.85. The van der Waals surface area contributed by atoms with Crippen molar-refractivity contribution in [1.82, 2.24) is 15.2 Å². The van der Waals surface area contributed by atoms with Crippen LogP contribution in [0.15, 0.2) is 23.0 Å². The number of pyridine rings is 1. The van der Waals surface area contributed by atoms with Crippen LogP contribution < -0.4 is 10.9 Å². The number of rotatable bonds is 4. The van der Waals surface area contributed by atoms with Crippen LogP contribution in [0.4, 0.5) is 0 Å². The zero-order chi connectivity index (χ0) is 13.7. The number of hydrogen-bond donors (Lipinski definition) is 2. The third-order valence-corrected chi connectivity index (χ3v) is 3.17. The lowest BCUT2D eigenvalue weighted by molar-refractivity contribution is -0.0246. The molecule has 2 N–H and O–H groups in total. The summed E-state index contributed by atoms with van der Waals surface area (Å²) >= 11 is 0. The van der Waals surface area contributed by atoms with Crippen molar-refractivity contribution in [3.8, 4) is 0 Å². The lowest BCUT2D eigenvalue weighted by atomic mass is 10.2. The number of morpholine rings is 1. The number of aromatic nitrogens is 1. The maximum atomic E-state index is 11.8. The summed E-state index contributed by atoms with van der Waals surface area (Å²) < 4.78 is 5.59. The van der Waals surface area contributed by atoms with E-state index in [1.165, 1.54) is 6.07 Å². The van der Waals surface area contributed by atoms with Crippen LogP contribution in [0.5, 0.6) is 0 Å². The standard InChI is InChI=1S/C13H19N3O3/c1-2-16-6-7-19-10(9-16)8-14-13(18)11-4-3-5-12(17)15-11/h3-5,10H,2,6-9H2,1H3,(H,14,18)(H,15,17). The molecule has 1 atom stereocenters. The highest BCUT2D eigenvalue weighted by Gasteiger charge is 2.19. The summed E-state index contributed by atoms with van der Waals surface area (Å²) in [5.41, 5.74) is -0.00520. The Morgan fingerprint density at radius 1 is 1.58 bits per heavy atom. The zero-order valence-corrected chi connectivity index (χ0v) is 11.0. The normalized spacial score (nSPS) is 20.2. The molecule has 1 saturated heterocycles. The number of carbonyl (C=O) groups excluding carboxylic acids is 1. The predicted octanol–water partition coefficient (Wildman–Crippen LogP) is -0.175. The van der Waals surface area contributed by atoms with E-state index in [9.17, 15) is 9.59 Å². The minimum Gasteiger partial charge on any atom is -0.374 e. The third kappa shape index (κ3) is 3.90. The molecule has 1 aromatic rings. The van der Waals surface area contributed by atoms with Gasteiger partial charge in [-0.25, -0.2) is 0 Å². The van der Waals surface area contributed by atoms with Crippen molar-refractivity contribution in [3.63, 3.8) is 0 Å². The van der Waals surface area contributed by atoms with E-state index in [-0.39, 0.29) is 23.3 Å². The zero-order valence-electron chi connectivity index (χ0n) is 11.0. The molecular formula is C13H19N3O3. The molecule has 2 heterocycles. The number of likely N-dealkylation sites (N-methyl/N-ethyl adjacent to an activating group) is 1. The van der Waals surface area contributed by atoms with Crippen molar-refractivity contribution in [1.29, 1.82) is 0 Å². The lowest BCUT2D eigenvalue weighted by Gasteiger charge is -2.32. The van der Waals surface area contributed by atoms with Gasteiger partial charge in [0.05, 0.1) is 12.7 Å². The van der Waals surface area contributed by atoms with Gasteiger partial charge < -0.3 is 15.0 Å². The number of carbonyl (C=O) groups is 1. The highest BCUT2D eigenvalue weighted by Crippen LogP contribution is 2.03. The quantitative estimate of drug-likeness (QED) is 0.792. The van der Waals surface area contributed by atoms with Gasteiger partial charge >= 0.3 is 0 Å². The summed E-state index contributed by atoms with van der Waals surface area (Å²) in [4.78, 5) is 27.7. The van der Waals surface area contributed by atoms with Crippen LogP contribution in [0.25, 0.3) is 0 Å². The second-order valence-electron chi connectivity index (χ2n) is 4.52. The fraction of sp³-hybridized carbons (Fsp3) is 0.538. The van der Waals surface area contributed by atoms with E-state index >= 15 is 0 Å².